The molecule has 2 saturated carbocycles. The van der Waals surface area contributed by atoms with Gasteiger partial charge in [0.25, 0.3) is 0 Å². The number of hydrogen-bond acceptors (Lipinski definition) is 3. The maximum atomic E-state index is 12.0. The molecule has 0 aromatic carbocycles. The van der Waals surface area contributed by atoms with Crippen molar-refractivity contribution in [2.75, 3.05) is 26.8 Å². The highest BCUT2D eigenvalue weighted by Crippen LogP contribution is 2.38. The molecule has 0 atom stereocenters. The van der Waals surface area contributed by atoms with E-state index in [0.29, 0.717) is 13.1 Å². The van der Waals surface area contributed by atoms with Crippen molar-refractivity contribution < 1.29 is 14.6 Å². The summed E-state index contributed by atoms with van der Waals surface area (Å²) >= 11 is 0. The fraction of sp³-hybridized carbons (Fsp3) is 0.938. The molecule has 3 N–H and O–H groups in total. The van der Waals surface area contributed by atoms with Crippen molar-refractivity contribution in [1.29, 1.82) is 0 Å². The van der Waals surface area contributed by atoms with Gasteiger partial charge in [-0.3, -0.25) is 0 Å². The van der Waals surface area contributed by atoms with Crippen LogP contribution in [0.4, 0.5) is 4.79 Å². The zero-order valence-corrected chi connectivity index (χ0v) is 13.2. The topological polar surface area (TPSA) is 70.6 Å². The molecular weight excluding hydrogens is 268 g/mol. The fourth-order valence-corrected chi connectivity index (χ4v) is 3.65. The Balaban J connectivity index is 1.73. The number of nitrogens with one attached hydrogen (secondary N) is 2. The van der Waals surface area contributed by atoms with Crippen molar-refractivity contribution in [2.24, 2.45) is 5.41 Å². The summed E-state index contributed by atoms with van der Waals surface area (Å²) in [5.41, 5.74) is -0.0370. The van der Waals surface area contributed by atoms with Crippen LogP contribution in [0.3, 0.4) is 0 Å². The highest BCUT2D eigenvalue weighted by atomic mass is 16.5. The van der Waals surface area contributed by atoms with E-state index in [1.807, 2.05) is 0 Å². The molecule has 0 aromatic heterocycles. The Morgan fingerprint density at radius 2 is 1.71 bits per heavy atom. The summed E-state index contributed by atoms with van der Waals surface area (Å²) in [4.78, 5) is 12.0. The first-order valence-corrected chi connectivity index (χ1v) is 8.31. The lowest BCUT2D eigenvalue weighted by atomic mass is 9.72. The average Bonchev–Trinajstić information content (AvgIpc) is 2.46. The monoisotopic (exact) mass is 298 g/mol. The van der Waals surface area contributed by atoms with Crippen LogP contribution in [0.2, 0.25) is 0 Å². The lowest BCUT2D eigenvalue weighted by Crippen LogP contribution is -2.52. The molecule has 2 fully saturated rings. The molecule has 0 saturated heterocycles. The van der Waals surface area contributed by atoms with Crippen LogP contribution in [0.25, 0.3) is 0 Å². The Labute approximate surface area is 127 Å². The van der Waals surface area contributed by atoms with Crippen molar-refractivity contribution in [3.05, 3.63) is 0 Å². The number of ether oxygens (including phenoxy) is 1. The van der Waals surface area contributed by atoms with Crippen molar-refractivity contribution in [3.63, 3.8) is 0 Å². The zero-order chi connectivity index (χ0) is 15.2. The molecule has 0 heterocycles. The van der Waals surface area contributed by atoms with Gasteiger partial charge < -0.3 is 20.5 Å². The number of rotatable bonds is 7. The second kappa shape index (κ2) is 7.45. The van der Waals surface area contributed by atoms with Gasteiger partial charge in [-0.25, -0.2) is 4.79 Å². The first kappa shape index (κ1) is 16.6. The SMILES string of the molecule is COC1(CNC(=O)NCC2(CCO)CCCCC2)CCC1. The van der Waals surface area contributed by atoms with Crippen LogP contribution in [0.1, 0.15) is 57.8 Å². The standard InChI is InChI=1S/C16H30N2O3/c1-21-16(8-5-9-16)13-18-14(20)17-12-15(10-11-19)6-3-2-4-7-15/h19H,2-13H2,1H3,(H2,17,18,20). The predicted octanol–water partition coefficient (Wildman–Crippen LogP) is 2.19. The van der Waals surface area contributed by atoms with E-state index < -0.39 is 0 Å². The van der Waals surface area contributed by atoms with Gasteiger partial charge in [0.1, 0.15) is 0 Å². The predicted molar refractivity (Wildman–Crippen MR) is 82.2 cm³/mol. The number of hydrogen-bond donors (Lipinski definition) is 3. The van der Waals surface area contributed by atoms with Gasteiger partial charge in [-0.2, -0.15) is 0 Å². The largest absolute Gasteiger partial charge is 0.396 e. The van der Waals surface area contributed by atoms with Crippen molar-refractivity contribution in [2.45, 2.75) is 63.4 Å². The molecule has 2 aliphatic rings. The van der Waals surface area contributed by atoms with Gasteiger partial charge in [-0.15, -0.1) is 0 Å². The Morgan fingerprint density at radius 3 is 2.24 bits per heavy atom. The molecule has 21 heavy (non-hydrogen) atoms. The molecule has 122 valence electrons. The van der Waals surface area contributed by atoms with Crippen molar-refractivity contribution in [3.8, 4) is 0 Å². The van der Waals surface area contributed by atoms with E-state index in [0.717, 1.165) is 32.1 Å². The Morgan fingerprint density at radius 1 is 1.05 bits per heavy atom. The van der Waals surface area contributed by atoms with Crippen molar-refractivity contribution in [1.82, 2.24) is 10.6 Å². The maximum absolute atomic E-state index is 12.0. The summed E-state index contributed by atoms with van der Waals surface area (Å²) in [6, 6.07) is -0.110. The van der Waals surface area contributed by atoms with Crippen LogP contribution >= 0.6 is 0 Å². The summed E-state index contributed by atoms with van der Waals surface area (Å²) in [6.07, 6.45) is 9.91. The smallest absolute Gasteiger partial charge is 0.314 e. The van der Waals surface area contributed by atoms with E-state index >= 15 is 0 Å². The van der Waals surface area contributed by atoms with Gasteiger partial charge in [-0.05, 0) is 43.9 Å². The number of urea groups is 1. The van der Waals surface area contributed by atoms with Crippen LogP contribution in [0.5, 0.6) is 0 Å². The third-order valence-electron chi connectivity index (χ3n) is 5.45. The molecule has 5 heteroatoms. The molecule has 0 unspecified atom stereocenters. The summed E-state index contributed by atoms with van der Waals surface area (Å²) in [6.45, 7) is 1.46. The second-order valence-electron chi connectivity index (χ2n) is 6.81. The number of aliphatic hydroxyl groups excluding tert-OH is 1. The van der Waals surface area contributed by atoms with Gasteiger partial charge >= 0.3 is 6.03 Å². The molecular formula is C16H30N2O3. The Hall–Kier alpha value is -0.810. The summed E-state index contributed by atoms with van der Waals surface area (Å²) < 4.78 is 5.50. The Bertz CT molecular complexity index is 325. The van der Waals surface area contributed by atoms with Gasteiger partial charge in [-0.1, -0.05) is 19.3 Å². The van der Waals surface area contributed by atoms with E-state index in [1.165, 1.54) is 25.7 Å². The van der Waals surface area contributed by atoms with Crippen LogP contribution in [-0.2, 0) is 4.74 Å². The molecule has 0 bridgehead atoms. The third kappa shape index (κ3) is 4.33. The van der Waals surface area contributed by atoms with E-state index in [2.05, 4.69) is 10.6 Å². The van der Waals surface area contributed by atoms with E-state index in [9.17, 15) is 9.90 Å². The van der Waals surface area contributed by atoms with Crippen LogP contribution in [0, 0.1) is 5.41 Å². The molecule has 5 nitrogen and oxygen atoms in total. The zero-order valence-electron chi connectivity index (χ0n) is 13.2. The number of carbonyl (C=O) groups excluding carboxylic acids is 1. The van der Waals surface area contributed by atoms with Gasteiger partial charge in [0.2, 0.25) is 0 Å². The second-order valence-corrected chi connectivity index (χ2v) is 6.81. The minimum absolute atomic E-state index is 0.0970. The quantitative estimate of drug-likeness (QED) is 0.675. The first-order valence-electron chi connectivity index (χ1n) is 8.31. The van der Waals surface area contributed by atoms with Gasteiger partial charge in [0, 0.05) is 26.8 Å². The van der Waals surface area contributed by atoms with Crippen molar-refractivity contribution >= 4 is 6.03 Å². The number of aliphatic hydroxyl groups is 1. The van der Waals surface area contributed by atoms with E-state index in [-0.39, 0.29) is 23.7 Å². The summed E-state index contributed by atoms with van der Waals surface area (Å²) in [5.74, 6) is 0. The van der Waals surface area contributed by atoms with Gasteiger partial charge in [0.05, 0.1) is 5.60 Å². The van der Waals surface area contributed by atoms with Crippen LogP contribution in [-0.4, -0.2) is 43.5 Å². The molecule has 2 amide bonds. The molecule has 2 rings (SSSR count). The lowest BCUT2D eigenvalue weighted by Gasteiger charge is -2.40. The average molecular weight is 298 g/mol. The highest BCUT2D eigenvalue weighted by Gasteiger charge is 2.37. The Kier molecular flexibility index (Phi) is 5.88. The fourth-order valence-electron chi connectivity index (χ4n) is 3.65. The van der Waals surface area contributed by atoms with Crippen LogP contribution in [0.15, 0.2) is 0 Å². The molecule has 0 radical (unpaired) electrons. The van der Waals surface area contributed by atoms with Crippen LogP contribution < -0.4 is 10.6 Å². The molecule has 0 spiro atoms. The number of amides is 2. The minimum Gasteiger partial charge on any atom is -0.396 e. The third-order valence-corrected chi connectivity index (χ3v) is 5.45. The molecule has 0 aliphatic heterocycles. The van der Waals surface area contributed by atoms with E-state index in [4.69, 9.17) is 4.74 Å². The maximum Gasteiger partial charge on any atom is 0.314 e. The normalized spacial score (nSPS) is 23.1. The lowest BCUT2D eigenvalue weighted by molar-refractivity contribution is -0.0674. The molecule has 0 aromatic rings. The minimum atomic E-state index is -0.134. The number of carbonyl (C=O) groups is 1. The highest BCUT2D eigenvalue weighted by molar-refractivity contribution is 5.74. The van der Waals surface area contributed by atoms with E-state index in [1.54, 1.807) is 7.11 Å². The number of methoxy groups -OCH3 is 1. The molecule has 2 aliphatic carbocycles. The van der Waals surface area contributed by atoms with Gasteiger partial charge in [0.15, 0.2) is 0 Å². The summed E-state index contributed by atoms with van der Waals surface area (Å²) in [7, 11) is 1.72. The first-order chi connectivity index (χ1) is 10.1. The summed E-state index contributed by atoms with van der Waals surface area (Å²) in [5, 5.41) is 15.2.